The van der Waals surface area contributed by atoms with E-state index in [1.54, 1.807) is 0 Å². The number of ether oxygens (including phenoxy) is 1. The van der Waals surface area contributed by atoms with Gasteiger partial charge in [0.15, 0.2) is 17.0 Å². The van der Waals surface area contributed by atoms with Crippen molar-refractivity contribution in [3.8, 4) is 5.75 Å². The maximum atomic E-state index is 13.5. The van der Waals surface area contributed by atoms with E-state index < -0.39 is 29.5 Å². The molecule has 0 amide bonds. The van der Waals surface area contributed by atoms with Crippen LogP contribution in [0.5, 0.6) is 5.75 Å². The fourth-order valence-corrected chi connectivity index (χ4v) is 2.12. The zero-order valence-corrected chi connectivity index (χ0v) is 12.2. The van der Waals surface area contributed by atoms with Gasteiger partial charge in [0.25, 0.3) is 0 Å². The molecule has 0 radical (unpaired) electrons. The van der Waals surface area contributed by atoms with Gasteiger partial charge in [0, 0.05) is 0 Å². The van der Waals surface area contributed by atoms with Crippen molar-refractivity contribution in [1.82, 2.24) is 5.16 Å². The summed E-state index contributed by atoms with van der Waals surface area (Å²) in [5, 5.41) is 16.3. The number of alkyl halides is 3. The molecule has 1 aromatic heterocycles. The van der Waals surface area contributed by atoms with E-state index in [1.165, 1.54) is 26.2 Å². The van der Waals surface area contributed by atoms with E-state index in [4.69, 9.17) is 9.26 Å². The number of aromatic nitrogens is 1. The molecule has 6 nitrogen and oxygen atoms in total. The number of aryl methyl sites for hydroxylation is 1. The summed E-state index contributed by atoms with van der Waals surface area (Å²) in [4.78, 5) is 10.7. The molecule has 9 heteroatoms. The van der Waals surface area contributed by atoms with E-state index in [0.29, 0.717) is 0 Å². The molecular formula is C14H13F3N2O4. The molecule has 0 fully saturated rings. The Labute approximate surface area is 128 Å². The number of benzene rings is 1. The van der Waals surface area contributed by atoms with Gasteiger partial charge in [-0.25, -0.2) is 0 Å². The lowest BCUT2D eigenvalue weighted by molar-refractivity contribution is -0.267. The first-order valence-electron chi connectivity index (χ1n) is 6.45. The second kappa shape index (κ2) is 5.99. The summed E-state index contributed by atoms with van der Waals surface area (Å²) in [6.45, 7) is 1.36. The van der Waals surface area contributed by atoms with Gasteiger partial charge in [-0.05, 0) is 29.8 Å². The number of hydrogen-bond donors (Lipinski definition) is 1. The third-order valence-electron chi connectivity index (χ3n) is 3.42. The van der Waals surface area contributed by atoms with E-state index in [0.717, 1.165) is 12.1 Å². The summed E-state index contributed by atoms with van der Waals surface area (Å²) >= 11 is 0. The fraction of sp³-hybridized carbons (Fsp3) is 0.357. The van der Waals surface area contributed by atoms with Crippen molar-refractivity contribution in [2.24, 2.45) is 5.18 Å². The average Bonchev–Trinajstić information content (AvgIpc) is 2.85. The Kier molecular flexibility index (Phi) is 4.42. The molecule has 0 bridgehead atoms. The van der Waals surface area contributed by atoms with Gasteiger partial charge in [-0.1, -0.05) is 17.3 Å². The standard InChI is InChI=1S/C14H13F3N2O4/c1-8-12(18-21)11(23-19-8)7-13(20,14(15,16)17)9-4-3-5-10(6-9)22-2/h3-6,20H,7H2,1-2H3. The number of hydrogen-bond acceptors (Lipinski definition) is 6. The zero-order valence-electron chi connectivity index (χ0n) is 12.2. The molecule has 1 N–H and O–H groups in total. The van der Waals surface area contributed by atoms with Crippen LogP contribution in [0.2, 0.25) is 0 Å². The first-order valence-corrected chi connectivity index (χ1v) is 6.45. The van der Waals surface area contributed by atoms with Crippen molar-refractivity contribution in [3.63, 3.8) is 0 Å². The van der Waals surface area contributed by atoms with Gasteiger partial charge in [-0.3, -0.25) is 0 Å². The Balaban J connectivity index is 2.53. The first-order chi connectivity index (χ1) is 10.7. The molecule has 0 aliphatic carbocycles. The first kappa shape index (κ1) is 16.9. The largest absolute Gasteiger partial charge is 0.497 e. The van der Waals surface area contributed by atoms with E-state index in [1.807, 2.05) is 0 Å². The van der Waals surface area contributed by atoms with Crippen LogP contribution in [0, 0.1) is 11.8 Å². The lowest BCUT2D eigenvalue weighted by Crippen LogP contribution is -2.44. The molecule has 0 saturated carbocycles. The van der Waals surface area contributed by atoms with Crippen molar-refractivity contribution in [1.29, 1.82) is 0 Å². The van der Waals surface area contributed by atoms with Gasteiger partial charge in [0.05, 0.1) is 13.5 Å². The summed E-state index contributed by atoms with van der Waals surface area (Å²) in [6.07, 6.45) is -6.06. The predicted octanol–water partition coefficient (Wildman–Crippen LogP) is 3.38. The Hall–Kier alpha value is -2.42. The quantitative estimate of drug-likeness (QED) is 0.850. The van der Waals surface area contributed by atoms with Crippen LogP contribution in [0.25, 0.3) is 0 Å². The Morgan fingerprint density at radius 1 is 1.39 bits per heavy atom. The third kappa shape index (κ3) is 3.04. The van der Waals surface area contributed by atoms with Gasteiger partial charge in [-0.15, -0.1) is 4.91 Å². The molecule has 23 heavy (non-hydrogen) atoms. The highest BCUT2D eigenvalue weighted by atomic mass is 19.4. The summed E-state index contributed by atoms with van der Waals surface area (Å²) < 4.78 is 50.1. The summed E-state index contributed by atoms with van der Waals surface area (Å²) in [7, 11) is 1.29. The Morgan fingerprint density at radius 2 is 2.09 bits per heavy atom. The monoisotopic (exact) mass is 330 g/mol. The van der Waals surface area contributed by atoms with Crippen molar-refractivity contribution < 1.29 is 27.5 Å². The van der Waals surface area contributed by atoms with Crippen LogP contribution in [-0.2, 0) is 12.0 Å². The van der Waals surface area contributed by atoms with Gasteiger partial charge in [0.2, 0.25) is 0 Å². The SMILES string of the molecule is COc1cccc(C(O)(Cc2onc(C)c2N=O)C(F)(F)F)c1. The van der Waals surface area contributed by atoms with Crippen molar-refractivity contribution >= 4 is 5.69 Å². The molecule has 1 heterocycles. The second-order valence-corrected chi connectivity index (χ2v) is 4.90. The highest BCUT2D eigenvalue weighted by Crippen LogP contribution is 2.44. The minimum atomic E-state index is -5.03. The Morgan fingerprint density at radius 3 is 2.65 bits per heavy atom. The summed E-state index contributed by atoms with van der Waals surface area (Å²) in [6, 6.07) is 4.92. The van der Waals surface area contributed by atoms with Crippen molar-refractivity contribution in [2.45, 2.75) is 25.1 Å². The highest BCUT2D eigenvalue weighted by Gasteiger charge is 2.56. The van der Waals surface area contributed by atoms with Crippen LogP contribution in [0.4, 0.5) is 18.9 Å². The molecule has 2 rings (SSSR count). The summed E-state index contributed by atoms with van der Waals surface area (Å²) in [5.74, 6) is -0.298. The van der Waals surface area contributed by atoms with Crippen LogP contribution in [0.15, 0.2) is 34.0 Å². The lowest BCUT2D eigenvalue weighted by atomic mass is 9.88. The smallest absolute Gasteiger partial charge is 0.421 e. The van der Waals surface area contributed by atoms with E-state index in [9.17, 15) is 23.2 Å². The van der Waals surface area contributed by atoms with Crippen LogP contribution in [0.1, 0.15) is 17.0 Å². The predicted molar refractivity (Wildman–Crippen MR) is 73.3 cm³/mol. The average molecular weight is 330 g/mol. The molecule has 0 saturated heterocycles. The van der Waals surface area contributed by atoms with Crippen molar-refractivity contribution in [2.75, 3.05) is 7.11 Å². The molecule has 1 unspecified atom stereocenters. The molecular weight excluding hydrogens is 317 g/mol. The molecule has 0 aliphatic heterocycles. The number of rotatable bonds is 5. The second-order valence-electron chi connectivity index (χ2n) is 4.90. The normalized spacial score (nSPS) is 14.3. The van der Waals surface area contributed by atoms with Crippen LogP contribution in [-0.4, -0.2) is 23.5 Å². The summed E-state index contributed by atoms with van der Waals surface area (Å²) in [5.41, 5.74) is -4.04. The van der Waals surface area contributed by atoms with Gasteiger partial charge >= 0.3 is 6.18 Å². The third-order valence-corrected chi connectivity index (χ3v) is 3.42. The van der Waals surface area contributed by atoms with Crippen LogP contribution in [0.3, 0.4) is 0 Å². The number of aliphatic hydroxyl groups is 1. The minimum Gasteiger partial charge on any atom is -0.497 e. The maximum Gasteiger partial charge on any atom is 0.421 e. The molecule has 1 atom stereocenters. The van der Waals surface area contributed by atoms with Crippen LogP contribution < -0.4 is 4.74 Å². The fourth-order valence-electron chi connectivity index (χ4n) is 2.12. The number of halogens is 3. The number of nitroso groups, excluding NO2 is 1. The molecule has 2 aromatic rings. The maximum absolute atomic E-state index is 13.5. The van der Waals surface area contributed by atoms with Gasteiger partial charge < -0.3 is 14.4 Å². The van der Waals surface area contributed by atoms with E-state index >= 15 is 0 Å². The molecule has 0 spiro atoms. The van der Waals surface area contributed by atoms with Gasteiger partial charge in [-0.2, -0.15) is 13.2 Å². The minimum absolute atomic E-state index is 0.0465. The van der Waals surface area contributed by atoms with Gasteiger partial charge in [0.1, 0.15) is 11.4 Å². The highest BCUT2D eigenvalue weighted by molar-refractivity contribution is 5.46. The van der Waals surface area contributed by atoms with Crippen LogP contribution >= 0.6 is 0 Å². The molecule has 124 valence electrons. The number of nitrogens with zero attached hydrogens (tertiary/aromatic N) is 2. The van der Waals surface area contributed by atoms with E-state index in [2.05, 4.69) is 10.3 Å². The Bertz CT molecular complexity index is 714. The lowest BCUT2D eigenvalue weighted by Gasteiger charge is -2.30. The van der Waals surface area contributed by atoms with E-state index in [-0.39, 0.29) is 17.1 Å². The topological polar surface area (TPSA) is 84.9 Å². The molecule has 1 aromatic carbocycles. The molecule has 0 aliphatic rings. The number of methoxy groups -OCH3 is 1. The van der Waals surface area contributed by atoms with Crippen molar-refractivity contribution in [3.05, 3.63) is 46.2 Å². The zero-order chi connectivity index (χ0) is 17.3.